The highest BCUT2D eigenvalue weighted by atomic mass is 16.6. The van der Waals surface area contributed by atoms with E-state index in [1.54, 1.807) is 58.0 Å². The molecule has 0 aliphatic heterocycles. The second-order valence-electron chi connectivity index (χ2n) is 9.30. The second kappa shape index (κ2) is 9.75. The van der Waals surface area contributed by atoms with Crippen molar-refractivity contribution in [1.29, 1.82) is 0 Å². The molecule has 2 atom stereocenters. The SMILES string of the molecule is CC[C@@H](C)[C@H](NC(=O)OC(C)(C)C)C(=O)Oc1ccc2c(oc(=O)c3cc(OC)ccc32)c1C. The van der Waals surface area contributed by atoms with Gasteiger partial charge in [-0.2, -0.15) is 0 Å². The molecule has 2 aromatic carbocycles. The maximum atomic E-state index is 13.1. The molecule has 1 N–H and O–H groups in total. The molecule has 182 valence electrons. The molecule has 0 spiro atoms. The van der Waals surface area contributed by atoms with Crippen molar-refractivity contribution < 1.29 is 28.2 Å². The van der Waals surface area contributed by atoms with Crippen molar-refractivity contribution in [3.8, 4) is 11.5 Å². The maximum absolute atomic E-state index is 13.1. The van der Waals surface area contributed by atoms with Gasteiger partial charge in [-0.05, 0) is 63.9 Å². The lowest BCUT2D eigenvalue weighted by atomic mass is 9.99. The molecule has 1 aromatic heterocycles. The Labute approximate surface area is 198 Å². The Hall–Kier alpha value is -3.55. The third kappa shape index (κ3) is 5.32. The number of rotatable bonds is 6. The summed E-state index contributed by atoms with van der Waals surface area (Å²) in [7, 11) is 1.53. The van der Waals surface area contributed by atoms with Crippen molar-refractivity contribution >= 4 is 33.8 Å². The van der Waals surface area contributed by atoms with E-state index in [4.69, 9.17) is 18.6 Å². The molecule has 8 heteroatoms. The third-order valence-corrected chi connectivity index (χ3v) is 5.64. The van der Waals surface area contributed by atoms with Crippen LogP contribution in [0.4, 0.5) is 4.79 Å². The average molecular weight is 470 g/mol. The van der Waals surface area contributed by atoms with Gasteiger partial charge >= 0.3 is 17.7 Å². The highest BCUT2D eigenvalue weighted by molar-refractivity contribution is 6.06. The number of esters is 1. The minimum absolute atomic E-state index is 0.197. The number of amides is 1. The Morgan fingerprint density at radius 1 is 1.09 bits per heavy atom. The van der Waals surface area contributed by atoms with Gasteiger partial charge in [0.25, 0.3) is 0 Å². The smallest absolute Gasteiger partial charge is 0.408 e. The van der Waals surface area contributed by atoms with Crippen LogP contribution in [-0.4, -0.2) is 30.8 Å². The van der Waals surface area contributed by atoms with Crippen LogP contribution in [0.3, 0.4) is 0 Å². The van der Waals surface area contributed by atoms with Gasteiger partial charge in [0.1, 0.15) is 28.7 Å². The first-order valence-electron chi connectivity index (χ1n) is 11.2. The van der Waals surface area contributed by atoms with E-state index >= 15 is 0 Å². The summed E-state index contributed by atoms with van der Waals surface area (Å²) in [4.78, 5) is 38.0. The molecular weight excluding hydrogens is 438 g/mol. The number of nitrogens with one attached hydrogen (secondary N) is 1. The van der Waals surface area contributed by atoms with E-state index in [0.717, 1.165) is 0 Å². The van der Waals surface area contributed by atoms with Crippen LogP contribution >= 0.6 is 0 Å². The zero-order valence-corrected chi connectivity index (χ0v) is 20.6. The van der Waals surface area contributed by atoms with E-state index < -0.39 is 29.3 Å². The number of hydrogen-bond acceptors (Lipinski definition) is 7. The van der Waals surface area contributed by atoms with Crippen molar-refractivity contribution in [3.63, 3.8) is 0 Å². The van der Waals surface area contributed by atoms with Crippen molar-refractivity contribution in [2.24, 2.45) is 5.92 Å². The van der Waals surface area contributed by atoms with Gasteiger partial charge in [-0.15, -0.1) is 0 Å². The van der Waals surface area contributed by atoms with Gasteiger partial charge in [-0.3, -0.25) is 0 Å². The molecule has 0 fully saturated rings. The average Bonchev–Trinajstić information content (AvgIpc) is 2.77. The Kier molecular flexibility index (Phi) is 7.19. The maximum Gasteiger partial charge on any atom is 0.408 e. The topological polar surface area (TPSA) is 104 Å². The number of ether oxygens (including phenoxy) is 3. The van der Waals surface area contributed by atoms with Crippen LogP contribution in [0.15, 0.2) is 39.5 Å². The van der Waals surface area contributed by atoms with Gasteiger partial charge in [0.2, 0.25) is 0 Å². The number of fused-ring (bicyclic) bond motifs is 3. The molecule has 0 aliphatic carbocycles. The lowest BCUT2D eigenvalue weighted by Crippen LogP contribution is -2.48. The molecule has 8 nitrogen and oxygen atoms in total. The quantitative estimate of drug-likeness (QED) is 0.232. The van der Waals surface area contributed by atoms with Crippen molar-refractivity contribution in [2.75, 3.05) is 7.11 Å². The summed E-state index contributed by atoms with van der Waals surface area (Å²) in [6.07, 6.45) is -0.0609. The number of methoxy groups -OCH3 is 1. The first-order chi connectivity index (χ1) is 15.9. The lowest BCUT2D eigenvalue weighted by Gasteiger charge is -2.25. The zero-order valence-electron chi connectivity index (χ0n) is 20.6. The van der Waals surface area contributed by atoms with Gasteiger partial charge in [0, 0.05) is 16.3 Å². The fourth-order valence-corrected chi connectivity index (χ4v) is 3.61. The van der Waals surface area contributed by atoms with E-state index in [0.29, 0.717) is 39.5 Å². The number of carbonyl (C=O) groups is 2. The molecule has 0 saturated carbocycles. The predicted octanol–water partition coefficient (Wildman–Crippen LogP) is 5.11. The van der Waals surface area contributed by atoms with Gasteiger partial charge in [-0.1, -0.05) is 20.3 Å². The summed E-state index contributed by atoms with van der Waals surface area (Å²) in [6.45, 7) is 10.7. The number of benzene rings is 2. The summed E-state index contributed by atoms with van der Waals surface area (Å²) in [5.41, 5.74) is -0.390. The van der Waals surface area contributed by atoms with Gasteiger partial charge in [-0.25, -0.2) is 14.4 Å². The van der Waals surface area contributed by atoms with Crippen LogP contribution in [-0.2, 0) is 9.53 Å². The predicted molar refractivity (Wildman–Crippen MR) is 130 cm³/mol. The van der Waals surface area contributed by atoms with Crippen LogP contribution < -0.4 is 20.4 Å². The van der Waals surface area contributed by atoms with Gasteiger partial charge in [0.15, 0.2) is 0 Å². The number of aryl methyl sites for hydroxylation is 1. The van der Waals surface area contributed by atoms with Crippen LogP contribution in [0, 0.1) is 12.8 Å². The summed E-state index contributed by atoms with van der Waals surface area (Å²) in [6, 6.07) is 7.67. The number of carbonyl (C=O) groups excluding carboxylic acids is 2. The molecule has 0 bridgehead atoms. The van der Waals surface area contributed by atoms with Crippen molar-refractivity contribution in [1.82, 2.24) is 5.32 Å². The van der Waals surface area contributed by atoms with Crippen LogP contribution in [0.5, 0.6) is 11.5 Å². The van der Waals surface area contributed by atoms with Crippen molar-refractivity contribution in [3.05, 3.63) is 46.3 Å². The molecule has 1 amide bonds. The standard InChI is InChI=1S/C26H31NO7/c1-8-14(2)21(27-25(30)34-26(4,5)6)24(29)32-20-12-11-18-17-10-9-16(31-7)13-19(17)23(28)33-22(18)15(20)3/h9-14,21H,8H2,1-7H3,(H,27,30)/t14-,21+/m1/s1. The monoisotopic (exact) mass is 469 g/mol. The number of hydrogen-bond donors (Lipinski definition) is 1. The molecule has 0 saturated heterocycles. The highest BCUT2D eigenvalue weighted by Crippen LogP contribution is 2.32. The summed E-state index contributed by atoms with van der Waals surface area (Å²) in [5.74, 6) is -0.0315. The Balaban J connectivity index is 1.95. The Morgan fingerprint density at radius 3 is 2.38 bits per heavy atom. The molecular formula is C26H31NO7. The zero-order chi connectivity index (χ0) is 25.2. The lowest BCUT2D eigenvalue weighted by molar-refractivity contribution is -0.138. The molecule has 3 rings (SSSR count). The summed E-state index contributed by atoms with van der Waals surface area (Å²) >= 11 is 0. The fraction of sp³-hybridized carbons (Fsp3) is 0.423. The third-order valence-electron chi connectivity index (χ3n) is 5.64. The molecule has 1 heterocycles. The van der Waals surface area contributed by atoms with E-state index in [1.165, 1.54) is 7.11 Å². The van der Waals surface area contributed by atoms with E-state index in [1.807, 2.05) is 13.8 Å². The number of alkyl carbamates (subject to hydrolysis) is 1. The first-order valence-corrected chi connectivity index (χ1v) is 11.2. The van der Waals surface area contributed by atoms with Crippen LogP contribution in [0.1, 0.15) is 46.6 Å². The largest absolute Gasteiger partial charge is 0.497 e. The van der Waals surface area contributed by atoms with Gasteiger partial charge < -0.3 is 23.9 Å². The fourth-order valence-electron chi connectivity index (χ4n) is 3.61. The van der Waals surface area contributed by atoms with E-state index in [-0.39, 0.29) is 11.7 Å². The summed E-state index contributed by atoms with van der Waals surface area (Å²) in [5, 5.41) is 4.44. The molecule has 0 aliphatic rings. The van der Waals surface area contributed by atoms with E-state index in [2.05, 4.69) is 5.32 Å². The Morgan fingerprint density at radius 2 is 1.76 bits per heavy atom. The van der Waals surface area contributed by atoms with E-state index in [9.17, 15) is 14.4 Å². The Bertz CT molecular complexity index is 1290. The molecule has 34 heavy (non-hydrogen) atoms. The van der Waals surface area contributed by atoms with Crippen LogP contribution in [0.2, 0.25) is 0 Å². The molecule has 0 unspecified atom stereocenters. The minimum atomic E-state index is -0.911. The first kappa shape index (κ1) is 25.1. The second-order valence-corrected chi connectivity index (χ2v) is 9.30. The summed E-state index contributed by atoms with van der Waals surface area (Å²) < 4.78 is 21.8. The highest BCUT2D eigenvalue weighted by Gasteiger charge is 2.30. The minimum Gasteiger partial charge on any atom is -0.497 e. The van der Waals surface area contributed by atoms with Crippen LogP contribution in [0.25, 0.3) is 21.7 Å². The molecule has 0 radical (unpaired) electrons. The van der Waals surface area contributed by atoms with Gasteiger partial charge in [0.05, 0.1) is 12.5 Å². The molecule has 3 aromatic rings. The normalized spacial score (nSPS) is 13.4. The van der Waals surface area contributed by atoms with Crippen molar-refractivity contribution in [2.45, 2.75) is 59.6 Å².